The van der Waals surface area contributed by atoms with Gasteiger partial charge in [-0.25, -0.2) is 9.78 Å². The molecule has 3 N–H and O–H groups in total. The molecule has 1 aliphatic rings. The zero-order chi connectivity index (χ0) is 28.2. The topological polar surface area (TPSA) is 108 Å². The molecule has 0 saturated carbocycles. The van der Waals surface area contributed by atoms with Crippen LogP contribution in [0.2, 0.25) is 0 Å². The molecule has 3 amide bonds. The SMILES string of the molecule is CC(=O)NCCn1c(=O)ccc2c(NC(=O)NCc3ccc(C(F)(F)F)nc3N3CCC(C)CC3)cccc21. The van der Waals surface area contributed by atoms with Crippen molar-refractivity contribution in [3.05, 3.63) is 64.1 Å². The molecule has 0 aliphatic carbocycles. The number of halogens is 3. The fourth-order valence-electron chi connectivity index (χ4n) is 4.62. The van der Waals surface area contributed by atoms with Crippen molar-refractivity contribution in [3.8, 4) is 0 Å². The first-order chi connectivity index (χ1) is 18.5. The Bertz CT molecular complexity index is 1410. The summed E-state index contributed by atoms with van der Waals surface area (Å²) in [5, 5.41) is 8.76. The molecule has 0 unspecified atom stereocenters. The van der Waals surface area contributed by atoms with E-state index < -0.39 is 17.9 Å². The van der Waals surface area contributed by atoms with Crippen molar-refractivity contribution in [3.63, 3.8) is 0 Å². The third-order valence-corrected chi connectivity index (χ3v) is 6.76. The molecule has 39 heavy (non-hydrogen) atoms. The summed E-state index contributed by atoms with van der Waals surface area (Å²) < 4.78 is 41.6. The first-order valence-corrected chi connectivity index (χ1v) is 12.8. The van der Waals surface area contributed by atoms with Crippen molar-refractivity contribution in [2.45, 2.75) is 46.0 Å². The number of nitrogens with one attached hydrogen (secondary N) is 3. The van der Waals surface area contributed by atoms with Crippen LogP contribution < -0.4 is 26.4 Å². The Kier molecular flexibility index (Phi) is 8.41. The Labute approximate surface area is 223 Å². The molecule has 1 fully saturated rings. The molecule has 1 saturated heterocycles. The molecule has 0 radical (unpaired) electrons. The van der Waals surface area contributed by atoms with Crippen LogP contribution in [-0.4, -0.2) is 41.1 Å². The van der Waals surface area contributed by atoms with Gasteiger partial charge in [-0.1, -0.05) is 19.1 Å². The molecule has 9 nitrogen and oxygen atoms in total. The summed E-state index contributed by atoms with van der Waals surface area (Å²) in [6.07, 6.45) is -2.87. The Morgan fingerprint density at radius 1 is 1.05 bits per heavy atom. The van der Waals surface area contributed by atoms with E-state index in [9.17, 15) is 27.6 Å². The van der Waals surface area contributed by atoms with Gasteiger partial charge in [-0.3, -0.25) is 9.59 Å². The van der Waals surface area contributed by atoms with Gasteiger partial charge in [0.05, 0.1) is 11.2 Å². The Morgan fingerprint density at radius 2 is 1.79 bits per heavy atom. The molecule has 1 aromatic carbocycles. The molecule has 12 heteroatoms. The normalized spacial score (nSPS) is 14.3. The lowest BCUT2D eigenvalue weighted by molar-refractivity contribution is -0.141. The second-order valence-electron chi connectivity index (χ2n) is 9.70. The second-order valence-corrected chi connectivity index (χ2v) is 9.70. The summed E-state index contributed by atoms with van der Waals surface area (Å²) in [7, 11) is 0. The number of rotatable bonds is 7. The average molecular weight is 545 g/mol. The Morgan fingerprint density at radius 3 is 2.49 bits per heavy atom. The average Bonchev–Trinajstić information content (AvgIpc) is 2.88. The van der Waals surface area contributed by atoms with Crippen LogP contribution in [0.15, 0.2) is 47.3 Å². The maximum atomic E-state index is 13.4. The van der Waals surface area contributed by atoms with Crippen LogP contribution in [0, 0.1) is 5.92 Å². The number of hydrogen-bond donors (Lipinski definition) is 3. The molecule has 3 heterocycles. The standard InChI is InChI=1S/C27H31F3N6O3/c1-17-10-13-35(14-11-17)25-19(6-8-23(34-25)27(28,29)30)16-32-26(39)33-21-4-3-5-22-20(21)7-9-24(38)36(22)15-12-31-18(2)37/h3-9,17H,10-16H2,1-2H3,(H,31,37)(H2,32,33,39). The number of carbonyl (C=O) groups excluding carboxylic acids is 2. The number of fused-ring (bicyclic) bond motifs is 1. The van der Waals surface area contributed by atoms with E-state index in [-0.39, 0.29) is 36.9 Å². The van der Waals surface area contributed by atoms with Gasteiger partial charge in [0, 0.05) is 56.7 Å². The summed E-state index contributed by atoms with van der Waals surface area (Å²) in [5.41, 5.74) is 0.305. The van der Waals surface area contributed by atoms with Gasteiger partial charge in [0.2, 0.25) is 5.91 Å². The lowest BCUT2D eigenvalue weighted by Crippen LogP contribution is -2.36. The van der Waals surface area contributed by atoms with Crippen molar-refractivity contribution in [2.75, 3.05) is 29.9 Å². The van der Waals surface area contributed by atoms with Crippen LogP contribution >= 0.6 is 0 Å². The van der Waals surface area contributed by atoms with Gasteiger partial charge >= 0.3 is 12.2 Å². The molecular weight excluding hydrogens is 513 g/mol. The van der Waals surface area contributed by atoms with E-state index in [2.05, 4.69) is 27.9 Å². The summed E-state index contributed by atoms with van der Waals surface area (Å²) in [4.78, 5) is 42.2. The third kappa shape index (κ3) is 6.87. The molecule has 4 rings (SSSR count). The molecule has 208 valence electrons. The highest BCUT2D eigenvalue weighted by Crippen LogP contribution is 2.32. The lowest BCUT2D eigenvalue weighted by Gasteiger charge is -2.33. The van der Waals surface area contributed by atoms with Crippen molar-refractivity contribution >= 4 is 34.3 Å². The van der Waals surface area contributed by atoms with Crippen molar-refractivity contribution in [2.24, 2.45) is 5.92 Å². The van der Waals surface area contributed by atoms with Crippen LogP contribution in [0.3, 0.4) is 0 Å². The Balaban J connectivity index is 1.51. The van der Waals surface area contributed by atoms with Gasteiger partial charge < -0.3 is 25.4 Å². The maximum absolute atomic E-state index is 13.4. The lowest BCUT2D eigenvalue weighted by atomic mass is 9.99. The molecule has 1 aliphatic heterocycles. The Hall–Kier alpha value is -4.09. The number of anilines is 2. The number of carbonyl (C=O) groups is 2. The molecule has 3 aromatic rings. The highest BCUT2D eigenvalue weighted by atomic mass is 19.4. The highest BCUT2D eigenvalue weighted by Gasteiger charge is 2.34. The van der Waals surface area contributed by atoms with Crippen LogP contribution in [0.4, 0.5) is 29.5 Å². The summed E-state index contributed by atoms with van der Waals surface area (Å²) in [6.45, 7) is 5.19. The smallest absolute Gasteiger partial charge is 0.356 e. The summed E-state index contributed by atoms with van der Waals surface area (Å²) in [6, 6.07) is 9.84. The molecule has 2 aromatic heterocycles. The number of hydrogen-bond acceptors (Lipinski definition) is 5. The first-order valence-electron chi connectivity index (χ1n) is 12.8. The number of alkyl halides is 3. The minimum atomic E-state index is -4.57. The highest BCUT2D eigenvalue weighted by molar-refractivity contribution is 6.00. The number of aromatic nitrogens is 2. The predicted octanol–water partition coefficient (Wildman–Crippen LogP) is 4.11. The monoisotopic (exact) mass is 544 g/mol. The number of nitrogens with zero attached hydrogens (tertiary/aromatic N) is 3. The van der Waals surface area contributed by atoms with Crippen LogP contribution in [0.1, 0.15) is 37.9 Å². The van der Waals surface area contributed by atoms with Crippen molar-refractivity contribution in [1.29, 1.82) is 0 Å². The van der Waals surface area contributed by atoms with E-state index in [0.29, 0.717) is 41.2 Å². The van der Waals surface area contributed by atoms with E-state index in [1.54, 1.807) is 24.3 Å². The number of urea groups is 1. The van der Waals surface area contributed by atoms with Crippen molar-refractivity contribution in [1.82, 2.24) is 20.2 Å². The van der Waals surface area contributed by atoms with Gasteiger partial charge in [0.15, 0.2) is 0 Å². The summed E-state index contributed by atoms with van der Waals surface area (Å²) >= 11 is 0. The first kappa shape index (κ1) is 27.9. The van der Waals surface area contributed by atoms with Gasteiger partial charge in [-0.05, 0) is 43.0 Å². The van der Waals surface area contributed by atoms with Crippen LogP contribution in [0.5, 0.6) is 0 Å². The van der Waals surface area contributed by atoms with Crippen molar-refractivity contribution < 1.29 is 22.8 Å². The fourth-order valence-corrected chi connectivity index (χ4v) is 4.62. The van der Waals surface area contributed by atoms with E-state index in [1.807, 2.05) is 4.90 Å². The van der Waals surface area contributed by atoms with E-state index in [0.717, 1.165) is 18.9 Å². The predicted molar refractivity (Wildman–Crippen MR) is 143 cm³/mol. The zero-order valence-electron chi connectivity index (χ0n) is 21.8. The quantitative estimate of drug-likeness (QED) is 0.415. The van der Waals surface area contributed by atoms with Crippen LogP contribution in [0.25, 0.3) is 10.9 Å². The number of benzene rings is 1. The fraction of sp³-hybridized carbons (Fsp3) is 0.407. The van der Waals surface area contributed by atoms with Gasteiger partial charge in [0.25, 0.3) is 5.56 Å². The molecule has 0 atom stereocenters. The van der Waals surface area contributed by atoms with E-state index in [1.165, 1.54) is 23.6 Å². The van der Waals surface area contributed by atoms with Gasteiger partial charge in [-0.2, -0.15) is 13.2 Å². The van der Waals surface area contributed by atoms with Crippen LogP contribution in [-0.2, 0) is 24.1 Å². The molecule has 0 bridgehead atoms. The third-order valence-electron chi connectivity index (χ3n) is 6.76. The zero-order valence-corrected chi connectivity index (χ0v) is 21.8. The molecule has 0 spiro atoms. The maximum Gasteiger partial charge on any atom is 0.433 e. The largest absolute Gasteiger partial charge is 0.433 e. The molecular formula is C27H31F3N6O3. The number of pyridine rings is 2. The minimum absolute atomic E-state index is 0.0233. The number of piperidine rings is 1. The van der Waals surface area contributed by atoms with Gasteiger partial charge in [-0.15, -0.1) is 0 Å². The minimum Gasteiger partial charge on any atom is -0.356 e. The van der Waals surface area contributed by atoms with E-state index in [4.69, 9.17) is 0 Å². The number of amides is 3. The van der Waals surface area contributed by atoms with E-state index >= 15 is 0 Å². The second kappa shape index (κ2) is 11.7. The summed E-state index contributed by atoms with van der Waals surface area (Å²) in [5.74, 6) is 0.510. The van der Waals surface area contributed by atoms with Gasteiger partial charge in [0.1, 0.15) is 11.5 Å².